The van der Waals surface area contributed by atoms with E-state index >= 15 is 0 Å². The van der Waals surface area contributed by atoms with Crippen molar-refractivity contribution in [1.29, 1.82) is 0 Å². The van der Waals surface area contributed by atoms with E-state index in [1.54, 1.807) is 36.4 Å². The highest BCUT2D eigenvalue weighted by Crippen LogP contribution is 2.03. The van der Waals surface area contributed by atoms with Gasteiger partial charge in [-0.25, -0.2) is 4.68 Å². The van der Waals surface area contributed by atoms with Crippen molar-refractivity contribution in [3.05, 3.63) is 46.8 Å². The number of nitrogens with zero attached hydrogens (tertiary/aromatic N) is 3. The van der Waals surface area contributed by atoms with Crippen LogP contribution in [-0.4, -0.2) is 27.6 Å². The van der Waals surface area contributed by atoms with Crippen molar-refractivity contribution < 1.29 is 9.53 Å². The number of allylic oxidation sites excluding steroid dienone is 1. The molecule has 1 aromatic carbocycles. The molecule has 0 aliphatic carbocycles. The quantitative estimate of drug-likeness (QED) is 0.606. The molecule has 0 saturated heterocycles. The zero-order valence-corrected chi connectivity index (χ0v) is 11.2. The van der Waals surface area contributed by atoms with Gasteiger partial charge in [0.1, 0.15) is 12.1 Å². The third kappa shape index (κ3) is 3.28. The molecule has 1 aromatic heterocycles. The lowest BCUT2D eigenvalue weighted by Crippen LogP contribution is -2.25. The molecule has 6 nitrogen and oxygen atoms in total. The molecule has 0 saturated carbocycles. The molecule has 20 heavy (non-hydrogen) atoms. The summed E-state index contributed by atoms with van der Waals surface area (Å²) in [5.74, 6) is -0.370. The van der Waals surface area contributed by atoms with Gasteiger partial charge in [-0.15, -0.1) is 5.10 Å². The number of ether oxygens (including phenoxy) is 1. The first-order valence-electron chi connectivity index (χ1n) is 6.31. The Bertz CT molecular complexity index is 691. The molecule has 0 aliphatic rings. The Kier molecular flexibility index (Phi) is 4.60. The zero-order valence-electron chi connectivity index (χ0n) is 11.2. The zero-order chi connectivity index (χ0) is 14.4. The summed E-state index contributed by atoms with van der Waals surface area (Å²) in [6, 6.07) is 6.97. The van der Waals surface area contributed by atoms with E-state index in [4.69, 9.17) is 4.74 Å². The minimum atomic E-state index is -0.370. The molecule has 0 amide bonds. The summed E-state index contributed by atoms with van der Waals surface area (Å²) in [5.41, 5.74) is 0.293. The Morgan fingerprint density at radius 1 is 1.40 bits per heavy atom. The SMILES string of the molecule is C/C=C/COC(=O)CCn1nnc2ccccc2c1=O. The van der Waals surface area contributed by atoms with Crippen LogP contribution in [0.25, 0.3) is 10.9 Å². The average molecular weight is 273 g/mol. The van der Waals surface area contributed by atoms with Gasteiger partial charge in [0.2, 0.25) is 0 Å². The van der Waals surface area contributed by atoms with E-state index in [9.17, 15) is 9.59 Å². The Hall–Kier alpha value is -2.50. The van der Waals surface area contributed by atoms with Crippen molar-refractivity contribution in [2.24, 2.45) is 0 Å². The molecule has 1 heterocycles. The van der Waals surface area contributed by atoms with Crippen LogP contribution in [0.3, 0.4) is 0 Å². The second-order valence-corrected chi connectivity index (χ2v) is 4.14. The van der Waals surface area contributed by atoms with Crippen molar-refractivity contribution in [3.8, 4) is 0 Å². The smallest absolute Gasteiger partial charge is 0.307 e. The summed E-state index contributed by atoms with van der Waals surface area (Å²) >= 11 is 0. The largest absolute Gasteiger partial charge is 0.461 e. The summed E-state index contributed by atoms with van der Waals surface area (Å²) in [7, 11) is 0. The second-order valence-electron chi connectivity index (χ2n) is 4.14. The molecule has 6 heteroatoms. The van der Waals surface area contributed by atoms with E-state index in [2.05, 4.69) is 10.3 Å². The number of aromatic nitrogens is 3. The standard InChI is InChI=1S/C14H15N3O3/c1-2-3-10-20-13(18)8-9-17-14(19)11-6-4-5-7-12(11)15-16-17/h2-7H,8-10H2,1H3/b3-2+. The van der Waals surface area contributed by atoms with E-state index < -0.39 is 0 Å². The number of aryl methyl sites for hydroxylation is 1. The van der Waals surface area contributed by atoms with Crippen LogP contribution in [0, 0.1) is 0 Å². The van der Waals surface area contributed by atoms with E-state index in [0.29, 0.717) is 10.9 Å². The lowest BCUT2D eigenvalue weighted by molar-refractivity contribution is -0.142. The monoisotopic (exact) mass is 273 g/mol. The van der Waals surface area contributed by atoms with Crippen LogP contribution in [-0.2, 0) is 16.1 Å². The van der Waals surface area contributed by atoms with Gasteiger partial charge < -0.3 is 4.74 Å². The van der Waals surface area contributed by atoms with Gasteiger partial charge >= 0.3 is 5.97 Å². The second kappa shape index (κ2) is 6.60. The predicted molar refractivity (Wildman–Crippen MR) is 74.2 cm³/mol. The molecule has 0 unspecified atom stereocenters. The van der Waals surface area contributed by atoms with Gasteiger partial charge in [0.05, 0.1) is 18.4 Å². The maximum atomic E-state index is 12.1. The normalized spacial score (nSPS) is 11.1. The fourth-order valence-electron chi connectivity index (χ4n) is 1.68. The van der Waals surface area contributed by atoms with Crippen LogP contribution in [0.1, 0.15) is 13.3 Å². The highest BCUT2D eigenvalue weighted by molar-refractivity contribution is 5.76. The van der Waals surface area contributed by atoms with Gasteiger partial charge in [0.15, 0.2) is 0 Å². The predicted octanol–water partition coefficient (Wildman–Crippen LogP) is 1.30. The van der Waals surface area contributed by atoms with Gasteiger partial charge in [-0.3, -0.25) is 9.59 Å². The van der Waals surface area contributed by atoms with Gasteiger partial charge in [0.25, 0.3) is 5.56 Å². The fraction of sp³-hybridized carbons (Fsp3) is 0.286. The Balaban J connectivity index is 2.05. The van der Waals surface area contributed by atoms with Crippen molar-refractivity contribution in [2.45, 2.75) is 19.9 Å². The number of carbonyl (C=O) groups is 1. The summed E-state index contributed by atoms with van der Waals surface area (Å²) in [6.07, 6.45) is 3.62. The lowest BCUT2D eigenvalue weighted by atomic mass is 10.2. The van der Waals surface area contributed by atoms with Crippen molar-refractivity contribution >= 4 is 16.9 Å². The van der Waals surface area contributed by atoms with E-state index in [0.717, 1.165) is 0 Å². The first-order chi connectivity index (χ1) is 9.72. The van der Waals surface area contributed by atoms with Crippen molar-refractivity contribution in [1.82, 2.24) is 15.0 Å². The minimum absolute atomic E-state index is 0.0878. The number of fused-ring (bicyclic) bond motifs is 1. The number of benzene rings is 1. The van der Waals surface area contributed by atoms with Crippen molar-refractivity contribution in [2.75, 3.05) is 6.61 Å². The Labute approximate surface area is 115 Å². The van der Waals surface area contributed by atoms with Crippen LogP contribution in [0.4, 0.5) is 0 Å². The van der Waals surface area contributed by atoms with Gasteiger partial charge in [-0.05, 0) is 19.1 Å². The van der Waals surface area contributed by atoms with Crippen LogP contribution >= 0.6 is 0 Å². The highest BCUT2D eigenvalue weighted by Gasteiger charge is 2.07. The molecule has 0 radical (unpaired) electrons. The van der Waals surface area contributed by atoms with Gasteiger partial charge in [-0.1, -0.05) is 29.5 Å². The summed E-state index contributed by atoms with van der Waals surface area (Å²) in [5, 5.41) is 8.24. The third-order valence-corrected chi connectivity index (χ3v) is 2.73. The third-order valence-electron chi connectivity index (χ3n) is 2.73. The van der Waals surface area contributed by atoms with Crippen molar-refractivity contribution in [3.63, 3.8) is 0 Å². The van der Waals surface area contributed by atoms with Crippen LogP contribution in [0.15, 0.2) is 41.2 Å². The molecule has 0 atom stereocenters. The van der Waals surface area contributed by atoms with Crippen LogP contribution < -0.4 is 5.56 Å². The number of esters is 1. The van der Waals surface area contributed by atoms with Crippen LogP contribution in [0.5, 0.6) is 0 Å². The number of hydrogen-bond acceptors (Lipinski definition) is 5. The lowest BCUT2D eigenvalue weighted by Gasteiger charge is -2.04. The molecule has 0 bridgehead atoms. The van der Waals surface area contributed by atoms with Gasteiger partial charge in [-0.2, -0.15) is 0 Å². The number of hydrogen-bond donors (Lipinski definition) is 0. The number of rotatable bonds is 5. The molecule has 0 aliphatic heterocycles. The van der Waals surface area contributed by atoms with E-state index in [1.165, 1.54) is 4.68 Å². The Morgan fingerprint density at radius 3 is 3.00 bits per heavy atom. The molecule has 2 aromatic rings. The molecule has 0 N–H and O–H groups in total. The van der Waals surface area contributed by atoms with E-state index in [-0.39, 0.29) is 31.1 Å². The molecule has 104 valence electrons. The molecule has 0 fully saturated rings. The molecule has 0 spiro atoms. The van der Waals surface area contributed by atoms with Gasteiger partial charge in [0, 0.05) is 0 Å². The topological polar surface area (TPSA) is 74.1 Å². The van der Waals surface area contributed by atoms with E-state index in [1.807, 2.05) is 6.92 Å². The van der Waals surface area contributed by atoms with Crippen LogP contribution in [0.2, 0.25) is 0 Å². The maximum Gasteiger partial charge on any atom is 0.307 e. The maximum absolute atomic E-state index is 12.1. The summed E-state index contributed by atoms with van der Waals surface area (Å²) in [4.78, 5) is 23.5. The number of carbonyl (C=O) groups excluding carboxylic acids is 1. The molecular weight excluding hydrogens is 258 g/mol. The summed E-state index contributed by atoms with van der Waals surface area (Å²) < 4.78 is 6.12. The molecular formula is C14H15N3O3. The Morgan fingerprint density at radius 2 is 2.20 bits per heavy atom. The molecule has 2 rings (SSSR count). The first-order valence-corrected chi connectivity index (χ1v) is 6.31. The fourth-order valence-corrected chi connectivity index (χ4v) is 1.68. The highest BCUT2D eigenvalue weighted by atomic mass is 16.5. The minimum Gasteiger partial charge on any atom is -0.461 e. The average Bonchev–Trinajstić information content (AvgIpc) is 2.47. The first kappa shape index (κ1) is 13.9. The summed E-state index contributed by atoms with van der Waals surface area (Å²) in [6.45, 7) is 2.25.